The lowest BCUT2D eigenvalue weighted by Crippen LogP contribution is -2.41. The largest absolute Gasteiger partial charge is 0.372 e. The molecule has 0 aromatic heterocycles. The Balaban J connectivity index is 1.52. The first-order valence-electron chi connectivity index (χ1n) is 7.03. The molecule has 2 atom stereocenters. The zero-order valence-electron chi connectivity index (χ0n) is 10.5. The number of hydrogen-bond acceptors (Lipinski definition) is 3. The highest BCUT2D eigenvalue weighted by molar-refractivity contribution is 4.97. The van der Waals surface area contributed by atoms with Crippen molar-refractivity contribution < 1.29 is 9.47 Å². The van der Waals surface area contributed by atoms with Crippen molar-refractivity contribution in [3.63, 3.8) is 0 Å². The van der Waals surface area contributed by atoms with Crippen LogP contribution < -0.4 is 5.32 Å². The van der Waals surface area contributed by atoms with Gasteiger partial charge in [-0.05, 0) is 45.2 Å². The highest BCUT2D eigenvalue weighted by atomic mass is 16.6. The molecular formula is C14H23NO2. The quantitative estimate of drug-likeness (QED) is 0.745. The minimum Gasteiger partial charge on any atom is -0.372 e. The van der Waals surface area contributed by atoms with Gasteiger partial charge in [0.05, 0.1) is 24.4 Å². The molecule has 2 heterocycles. The SMILES string of the molecule is C1=CC(OC2COC3(CCNCC3)C2)CCC1. The van der Waals surface area contributed by atoms with Gasteiger partial charge in [-0.2, -0.15) is 0 Å². The smallest absolute Gasteiger partial charge is 0.0844 e. The Kier molecular flexibility index (Phi) is 3.50. The zero-order chi connectivity index (χ0) is 11.6. The van der Waals surface area contributed by atoms with Crippen LogP contribution in [0.15, 0.2) is 12.2 Å². The summed E-state index contributed by atoms with van der Waals surface area (Å²) in [7, 11) is 0. The van der Waals surface area contributed by atoms with Crippen LogP contribution in [-0.2, 0) is 9.47 Å². The molecule has 3 nitrogen and oxygen atoms in total. The predicted octanol–water partition coefficient (Wildman–Crippen LogP) is 2.02. The van der Waals surface area contributed by atoms with Crippen LogP contribution in [0.5, 0.6) is 0 Å². The molecule has 3 rings (SSSR count). The van der Waals surface area contributed by atoms with Crippen LogP contribution in [0, 0.1) is 0 Å². The Hall–Kier alpha value is -0.380. The van der Waals surface area contributed by atoms with E-state index in [2.05, 4.69) is 17.5 Å². The van der Waals surface area contributed by atoms with Crippen molar-refractivity contribution in [2.45, 2.75) is 56.3 Å². The summed E-state index contributed by atoms with van der Waals surface area (Å²) < 4.78 is 12.2. The highest BCUT2D eigenvalue weighted by Crippen LogP contribution is 2.36. The molecule has 1 spiro atoms. The molecule has 0 amide bonds. The molecule has 0 radical (unpaired) electrons. The van der Waals surface area contributed by atoms with Gasteiger partial charge in [0.15, 0.2) is 0 Å². The second kappa shape index (κ2) is 5.09. The molecule has 2 aliphatic heterocycles. The number of rotatable bonds is 2. The van der Waals surface area contributed by atoms with Gasteiger partial charge in [0.1, 0.15) is 0 Å². The third kappa shape index (κ3) is 2.72. The van der Waals surface area contributed by atoms with E-state index in [1.807, 2.05) is 0 Å². The average Bonchev–Trinajstić information content (AvgIpc) is 2.74. The van der Waals surface area contributed by atoms with Crippen LogP contribution in [0.25, 0.3) is 0 Å². The van der Waals surface area contributed by atoms with Crippen LogP contribution in [0.3, 0.4) is 0 Å². The maximum Gasteiger partial charge on any atom is 0.0844 e. The molecule has 96 valence electrons. The fraction of sp³-hybridized carbons (Fsp3) is 0.857. The normalized spacial score (nSPS) is 36.5. The van der Waals surface area contributed by atoms with Gasteiger partial charge in [-0.3, -0.25) is 0 Å². The molecule has 0 saturated carbocycles. The van der Waals surface area contributed by atoms with Crippen molar-refractivity contribution in [3.8, 4) is 0 Å². The van der Waals surface area contributed by atoms with Gasteiger partial charge in [0.2, 0.25) is 0 Å². The topological polar surface area (TPSA) is 30.5 Å². The van der Waals surface area contributed by atoms with Crippen molar-refractivity contribution >= 4 is 0 Å². The summed E-state index contributed by atoms with van der Waals surface area (Å²) in [6.07, 6.45) is 12.2. The third-order valence-electron chi connectivity index (χ3n) is 4.27. The van der Waals surface area contributed by atoms with Gasteiger partial charge in [0.25, 0.3) is 0 Å². The highest BCUT2D eigenvalue weighted by Gasteiger charge is 2.42. The maximum absolute atomic E-state index is 6.15. The lowest BCUT2D eigenvalue weighted by atomic mass is 9.89. The number of hydrogen-bond donors (Lipinski definition) is 1. The van der Waals surface area contributed by atoms with E-state index < -0.39 is 0 Å². The zero-order valence-corrected chi connectivity index (χ0v) is 10.5. The first-order valence-corrected chi connectivity index (χ1v) is 7.03. The second-order valence-electron chi connectivity index (χ2n) is 5.60. The first kappa shape index (κ1) is 11.7. The third-order valence-corrected chi connectivity index (χ3v) is 4.27. The Morgan fingerprint density at radius 1 is 1.29 bits per heavy atom. The van der Waals surface area contributed by atoms with Gasteiger partial charge < -0.3 is 14.8 Å². The Bertz CT molecular complexity index is 284. The van der Waals surface area contributed by atoms with E-state index in [-0.39, 0.29) is 5.60 Å². The minimum absolute atomic E-state index is 0.133. The van der Waals surface area contributed by atoms with Crippen LogP contribution in [0.1, 0.15) is 38.5 Å². The molecule has 2 saturated heterocycles. The molecule has 0 aromatic carbocycles. The van der Waals surface area contributed by atoms with Crippen molar-refractivity contribution in [2.24, 2.45) is 0 Å². The Labute approximate surface area is 104 Å². The van der Waals surface area contributed by atoms with Crippen LogP contribution in [0.4, 0.5) is 0 Å². The molecular weight excluding hydrogens is 214 g/mol. The first-order chi connectivity index (χ1) is 8.36. The molecule has 3 heteroatoms. The summed E-state index contributed by atoms with van der Waals surface area (Å²) in [4.78, 5) is 0. The maximum atomic E-state index is 6.15. The van der Waals surface area contributed by atoms with E-state index in [0.29, 0.717) is 12.2 Å². The van der Waals surface area contributed by atoms with Crippen molar-refractivity contribution in [3.05, 3.63) is 12.2 Å². The monoisotopic (exact) mass is 237 g/mol. The number of piperidine rings is 1. The van der Waals surface area contributed by atoms with Gasteiger partial charge >= 0.3 is 0 Å². The molecule has 2 unspecified atom stereocenters. The van der Waals surface area contributed by atoms with E-state index in [9.17, 15) is 0 Å². The van der Waals surface area contributed by atoms with Crippen LogP contribution >= 0.6 is 0 Å². The van der Waals surface area contributed by atoms with Crippen LogP contribution in [0.2, 0.25) is 0 Å². The molecule has 1 aliphatic carbocycles. The Morgan fingerprint density at radius 2 is 2.18 bits per heavy atom. The number of ether oxygens (including phenoxy) is 2. The fourth-order valence-electron chi connectivity index (χ4n) is 3.26. The summed E-state index contributed by atoms with van der Waals surface area (Å²) in [6, 6.07) is 0. The van der Waals surface area contributed by atoms with E-state index >= 15 is 0 Å². The average molecular weight is 237 g/mol. The molecule has 0 bridgehead atoms. The van der Waals surface area contributed by atoms with Gasteiger partial charge in [-0.1, -0.05) is 12.2 Å². The number of nitrogens with one attached hydrogen (secondary N) is 1. The van der Waals surface area contributed by atoms with Gasteiger partial charge in [-0.25, -0.2) is 0 Å². The lowest BCUT2D eigenvalue weighted by Gasteiger charge is -2.33. The molecule has 3 aliphatic rings. The molecule has 1 N–H and O–H groups in total. The summed E-state index contributed by atoms with van der Waals surface area (Å²) >= 11 is 0. The minimum atomic E-state index is 0.133. The molecule has 17 heavy (non-hydrogen) atoms. The lowest BCUT2D eigenvalue weighted by molar-refractivity contribution is -0.0276. The van der Waals surface area contributed by atoms with Crippen molar-refractivity contribution in [2.75, 3.05) is 19.7 Å². The summed E-state index contributed by atoms with van der Waals surface area (Å²) in [5.74, 6) is 0. The molecule has 2 fully saturated rings. The van der Waals surface area contributed by atoms with Gasteiger partial charge in [0, 0.05) is 6.42 Å². The van der Waals surface area contributed by atoms with E-state index in [0.717, 1.165) is 39.0 Å². The van der Waals surface area contributed by atoms with E-state index in [1.165, 1.54) is 19.3 Å². The predicted molar refractivity (Wildman–Crippen MR) is 67.1 cm³/mol. The van der Waals surface area contributed by atoms with Crippen LogP contribution in [-0.4, -0.2) is 37.5 Å². The fourth-order valence-corrected chi connectivity index (χ4v) is 3.26. The van der Waals surface area contributed by atoms with E-state index in [4.69, 9.17) is 9.47 Å². The number of allylic oxidation sites excluding steroid dienone is 1. The van der Waals surface area contributed by atoms with E-state index in [1.54, 1.807) is 0 Å². The summed E-state index contributed by atoms with van der Waals surface area (Å²) in [5, 5.41) is 3.40. The van der Waals surface area contributed by atoms with Crippen molar-refractivity contribution in [1.82, 2.24) is 5.32 Å². The van der Waals surface area contributed by atoms with Gasteiger partial charge in [-0.15, -0.1) is 0 Å². The summed E-state index contributed by atoms with van der Waals surface area (Å²) in [5.41, 5.74) is 0.133. The standard InChI is InChI=1S/C14H23NO2/c1-2-4-12(5-3-1)17-13-10-14(16-11-13)6-8-15-9-7-14/h2,4,12-13,15H,1,3,5-11H2. The molecule has 0 aromatic rings. The second-order valence-corrected chi connectivity index (χ2v) is 5.60. The van der Waals surface area contributed by atoms with Crippen molar-refractivity contribution in [1.29, 1.82) is 0 Å². The summed E-state index contributed by atoms with van der Waals surface area (Å²) in [6.45, 7) is 2.98. The Morgan fingerprint density at radius 3 is 2.94 bits per heavy atom.